The zero-order valence-corrected chi connectivity index (χ0v) is 16.8. The molecule has 5 atom stereocenters. The van der Waals surface area contributed by atoms with Crippen molar-refractivity contribution in [1.82, 2.24) is 10.3 Å². The highest BCUT2D eigenvalue weighted by molar-refractivity contribution is 6.33. The third-order valence-electron chi connectivity index (χ3n) is 7.54. The highest BCUT2D eigenvalue weighted by Gasteiger charge is 2.64. The minimum absolute atomic E-state index is 0.0869. The van der Waals surface area contributed by atoms with Crippen LogP contribution in [0, 0.1) is 22.7 Å². The number of hydrogen-bond acceptors (Lipinski definition) is 4. The predicted octanol–water partition coefficient (Wildman–Crippen LogP) is 3.22. The molecule has 0 radical (unpaired) electrons. The lowest BCUT2D eigenvalue weighted by Crippen LogP contribution is -2.40. The van der Waals surface area contributed by atoms with Crippen LogP contribution in [0.15, 0.2) is 12.3 Å². The maximum absolute atomic E-state index is 12.9. The summed E-state index contributed by atoms with van der Waals surface area (Å²) < 4.78 is 0. The van der Waals surface area contributed by atoms with Gasteiger partial charge in [0.25, 0.3) is 5.91 Å². The zero-order chi connectivity index (χ0) is 18.8. The van der Waals surface area contributed by atoms with Crippen molar-refractivity contribution in [2.75, 3.05) is 24.5 Å². The molecule has 5 unspecified atom stereocenters. The number of hydrogen-bond donors (Lipinski definition) is 2. The topological polar surface area (TPSA) is 71.2 Å². The Morgan fingerprint density at radius 1 is 1.44 bits per heavy atom. The van der Waals surface area contributed by atoms with Gasteiger partial charge < -0.3 is 16.0 Å². The molecule has 27 heavy (non-hydrogen) atoms. The number of amides is 1. The SMILES string of the molecule is CC1(CNC(=O)c2cc(N3CCC(N)C3)ncc2Cl)CC2CC3CC3(C2)C1. The lowest BCUT2D eigenvalue weighted by atomic mass is 9.67. The number of halogens is 1. The molecule has 5 rings (SSSR count). The first-order valence-corrected chi connectivity index (χ1v) is 10.7. The minimum atomic E-state index is -0.0869. The first-order chi connectivity index (χ1) is 12.9. The van der Waals surface area contributed by atoms with Crippen LogP contribution in [0.5, 0.6) is 0 Å². The van der Waals surface area contributed by atoms with Crippen molar-refractivity contribution in [3.63, 3.8) is 0 Å². The second-order valence-corrected chi connectivity index (χ2v) is 10.4. The first-order valence-electron chi connectivity index (χ1n) is 10.3. The second kappa shape index (κ2) is 6.08. The number of rotatable bonds is 4. The zero-order valence-electron chi connectivity index (χ0n) is 16.0. The van der Waals surface area contributed by atoms with Gasteiger partial charge in [0.2, 0.25) is 0 Å². The summed E-state index contributed by atoms with van der Waals surface area (Å²) in [6.07, 6.45) is 9.32. The number of carbonyl (C=O) groups is 1. The average Bonchev–Trinajstić information content (AvgIpc) is 2.95. The summed E-state index contributed by atoms with van der Waals surface area (Å²) in [4.78, 5) is 19.4. The first kappa shape index (κ1) is 17.7. The summed E-state index contributed by atoms with van der Waals surface area (Å²) >= 11 is 6.30. The Kier molecular flexibility index (Phi) is 4.00. The summed E-state index contributed by atoms with van der Waals surface area (Å²) in [6, 6.07) is 1.99. The van der Waals surface area contributed by atoms with E-state index in [-0.39, 0.29) is 17.4 Å². The number of aromatic nitrogens is 1. The van der Waals surface area contributed by atoms with Crippen molar-refractivity contribution in [2.24, 2.45) is 28.4 Å². The van der Waals surface area contributed by atoms with Gasteiger partial charge in [0.05, 0.1) is 10.6 Å². The molecule has 2 heterocycles. The molecule has 1 spiro atoms. The molecule has 2 bridgehead atoms. The quantitative estimate of drug-likeness (QED) is 0.830. The highest BCUT2D eigenvalue weighted by Crippen LogP contribution is 2.73. The van der Waals surface area contributed by atoms with Gasteiger partial charge in [-0.3, -0.25) is 4.79 Å². The summed E-state index contributed by atoms with van der Waals surface area (Å²) in [5, 5.41) is 3.60. The van der Waals surface area contributed by atoms with Gasteiger partial charge in [-0.05, 0) is 67.3 Å². The van der Waals surface area contributed by atoms with E-state index in [1.54, 1.807) is 6.20 Å². The molecule has 146 valence electrons. The third-order valence-corrected chi connectivity index (χ3v) is 7.84. The van der Waals surface area contributed by atoms with Crippen LogP contribution in [0.2, 0.25) is 5.02 Å². The van der Waals surface area contributed by atoms with Gasteiger partial charge in [-0.25, -0.2) is 4.98 Å². The lowest BCUT2D eigenvalue weighted by Gasteiger charge is -2.40. The summed E-state index contributed by atoms with van der Waals surface area (Å²) in [7, 11) is 0. The molecule has 4 aliphatic rings. The Bertz CT molecular complexity index is 785. The number of anilines is 1. The number of nitrogens with two attached hydrogens (primary N) is 1. The highest BCUT2D eigenvalue weighted by atomic mass is 35.5. The van der Waals surface area contributed by atoms with E-state index in [1.807, 2.05) is 6.07 Å². The molecule has 1 aromatic rings. The van der Waals surface area contributed by atoms with Crippen LogP contribution < -0.4 is 16.0 Å². The number of fused-ring (bicyclic) bond motifs is 1. The average molecular weight is 389 g/mol. The molecule has 1 amide bonds. The summed E-state index contributed by atoms with van der Waals surface area (Å²) in [6.45, 7) is 4.74. The van der Waals surface area contributed by atoms with Gasteiger partial charge in [-0.2, -0.15) is 0 Å². The maximum atomic E-state index is 12.9. The fourth-order valence-electron chi connectivity index (χ4n) is 6.43. The Morgan fingerprint density at radius 2 is 2.30 bits per heavy atom. The van der Waals surface area contributed by atoms with Crippen LogP contribution in [0.25, 0.3) is 0 Å². The van der Waals surface area contributed by atoms with Crippen LogP contribution in [0.4, 0.5) is 5.82 Å². The van der Waals surface area contributed by atoms with Crippen molar-refractivity contribution in [1.29, 1.82) is 0 Å². The van der Waals surface area contributed by atoms with Gasteiger partial charge >= 0.3 is 0 Å². The van der Waals surface area contributed by atoms with Crippen molar-refractivity contribution in [3.05, 3.63) is 22.8 Å². The van der Waals surface area contributed by atoms with E-state index >= 15 is 0 Å². The van der Waals surface area contributed by atoms with Crippen LogP contribution in [0.3, 0.4) is 0 Å². The summed E-state index contributed by atoms with van der Waals surface area (Å²) in [5.41, 5.74) is 7.36. The molecule has 1 aliphatic heterocycles. The van der Waals surface area contributed by atoms with Gasteiger partial charge in [0.15, 0.2) is 0 Å². The van der Waals surface area contributed by atoms with Crippen molar-refractivity contribution < 1.29 is 4.79 Å². The van der Waals surface area contributed by atoms with Crippen molar-refractivity contribution in [2.45, 2.75) is 51.5 Å². The van der Waals surface area contributed by atoms with E-state index in [9.17, 15) is 4.79 Å². The molecule has 3 aliphatic carbocycles. The number of pyridine rings is 1. The molecule has 6 heteroatoms. The van der Waals surface area contributed by atoms with Gasteiger partial charge in [-0.1, -0.05) is 18.5 Å². The van der Waals surface area contributed by atoms with E-state index in [0.29, 0.717) is 16.0 Å². The molecule has 1 aromatic heterocycles. The van der Waals surface area contributed by atoms with Crippen LogP contribution in [-0.4, -0.2) is 36.6 Å². The fourth-order valence-corrected chi connectivity index (χ4v) is 6.62. The van der Waals surface area contributed by atoms with E-state index < -0.39 is 0 Å². The molecule has 4 fully saturated rings. The Labute approximate surface area is 166 Å². The van der Waals surface area contributed by atoms with E-state index in [0.717, 1.165) is 43.7 Å². The second-order valence-electron chi connectivity index (χ2n) is 9.96. The molecular formula is C21H29ClN4O. The lowest BCUT2D eigenvalue weighted by molar-refractivity contribution is 0.0857. The predicted molar refractivity (Wildman–Crippen MR) is 107 cm³/mol. The molecule has 1 saturated heterocycles. The third kappa shape index (κ3) is 3.13. The fraction of sp³-hybridized carbons (Fsp3) is 0.714. The summed E-state index contributed by atoms with van der Waals surface area (Å²) in [5.74, 6) is 2.55. The van der Waals surface area contributed by atoms with Crippen LogP contribution >= 0.6 is 11.6 Å². The molecule has 3 saturated carbocycles. The normalized spacial score (nSPS) is 39.4. The monoisotopic (exact) mass is 388 g/mol. The minimum Gasteiger partial charge on any atom is -0.355 e. The number of nitrogens with zero attached hydrogens (tertiary/aromatic N) is 2. The van der Waals surface area contributed by atoms with Gasteiger partial charge in [-0.15, -0.1) is 0 Å². The maximum Gasteiger partial charge on any atom is 0.253 e. The van der Waals surface area contributed by atoms with Crippen molar-refractivity contribution in [3.8, 4) is 0 Å². The number of nitrogens with one attached hydrogen (secondary N) is 1. The van der Waals surface area contributed by atoms with Gasteiger partial charge in [0, 0.05) is 31.9 Å². The van der Waals surface area contributed by atoms with E-state index in [2.05, 4.69) is 22.1 Å². The molecule has 5 nitrogen and oxygen atoms in total. The van der Waals surface area contributed by atoms with Gasteiger partial charge in [0.1, 0.15) is 5.82 Å². The van der Waals surface area contributed by atoms with E-state index in [1.165, 1.54) is 32.1 Å². The van der Waals surface area contributed by atoms with E-state index in [4.69, 9.17) is 17.3 Å². The standard InChI is InChI=1S/C21H29ClN4O/c1-20(6-13-4-14-8-21(14,7-13)11-20)12-25-19(27)16-5-18(24-9-17(16)22)26-3-2-15(23)10-26/h5,9,13-15H,2-4,6-8,10-12,23H2,1H3,(H,25,27). The molecule has 0 aromatic carbocycles. The Morgan fingerprint density at radius 3 is 3.04 bits per heavy atom. The Balaban J connectivity index is 1.27. The molecular weight excluding hydrogens is 360 g/mol. The largest absolute Gasteiger partial charge is 0.355 e. The Hall–Kier alpha value is -1.33. The smallest absolute Gasteiger partial charge is 0.253 e. The van der Waals surface area contributed by atoms with Crippen LogP contribution in [-0.2, 0) is 0 Å². The molecule has 3 N–H and O–H groups in total. The van der Waals surface area contributed by atoms with Crippen LogP contribution in [0.1, 0.15) is 55.8 Å². The number of carbonyl (C=O) groups excluding carboxylic acids is 1. The van der Waals surface area contributed by atoms with Crippen molar-refractivity contribution >= 4 is 23.3 Å².